The highest BCUT2D eigenvalue weighted by atomic mass is 19.1. The molecule has 0 radical (unpaired) electrons. The van der Waals surface area contributed by atoms with Crippen molar-refractivity contribution in [3.63, 3.8) is 0 Å². The van der Waals surface area contributed by atoms with Crippen LogP contribution in [0.5, 0.6) is 0 Å². The summed E-state index contributed by atoms with van der Waals surface area (Å²) in [5.74, 6) is -2.07. The number of amides is 2. The second-order valence-electron chi connectivity index (χ2n) is 4.15. The molecule has 0 aliphatic carbocycles. The van der Waals surface area contributed by atoms with Crippen LogP contribution in [-0.2, 0) is 4.79 Å². The van der Waals surface area contributed by atoms with Gasteiger partial charge in [-0.3, -0.25) is 0 Å². The SMILES string of the molecule is CC(C)[C@H](NC(=O)Nc1ccc(F)cc1)C(=O)[O-]. The van der Waals surface area contributed by atoms with Crippen LogP contribution < -0.4 is 15.7 Å². The molecule has 5 nitrogen and oxygen atoms in total. The van der Waals surface area contributed by atoms with Gasteiger partial charge in [0.2, 0.25) is 0 Å². The first kappa shape index (κ1) is 14.0. The molecule has 98 valence electrons. The molecular formula is C12H14FN2O3-. The lowest BCUT2D eigenvalue weighted by Crippen LogP contribution is -2.51. The van der Waals surface area contributed by atoms with Gasteiger partial charge in [-0.2, -0.15) is 0 Å². The molecule has 2 amide bonds. The van der Waals surface area contributed by atoms with E-state index in [0.717, 1.165) is 0 Å². The highest BCUT2D eigenvalue weighted by Gasteiger charge is 2.17. The Bertz CT molecular complexity index is 431. The van der Waals surface area contributed by atoms with E-state index in [9.17, 15) is 19.1 Å². The van der Waals surface area contributed by atoms with E-state index < -0.39 is 23.9 Å². The molecule has 0 spiro atoms. The number of nitrogens with one attached hydrogen (secondary N) is 2. The highest BCUT2D eigenvalue weighted by Crippen LogP contribution is 2.08. The normalized spacial score (nSPS) is 12.0. The summed E-state index contributed by atoms with van der Waals surface area (Å²) < 4.78 is 12.6. The fraction of sp³-hybridized carbons (Fsp3) is 0.333. The second kappa shape index (κ2) is 6.00. The average Bonchev–Trinajstić information content (AvgIpc) is 2.28. The van der Waals surface area contributed by atoms with Crippen LogP contribution in [0.4, 0.5) is 14.9 Å². The van der Waals surface area contributed by atoms with Crippen molar-refractivity contribution in [1.29, 1.82) is 0 Å². The fourth-order valence-corrected chi connectivity index (χ4v) is 1.34. The third-order valence-corrected chi connectivity index (χ3v) is 2.31. The molecule has 1 aromatic rings. The van der Waals surface area contributed by atoms with Crippen LogP contribution in [0.1, 0.15) is 13.8 Å². The van der Waals surface area contributed by atoms with Crippen molar-refractivity contribution in [2.75, 3.05) is 5.32 Å². The van der Waals surface area contributed by atoms with Crippen LogP contribution in [0.25, 0.3) is 0 Å². The van der Waals surface area contributed by atoms with Crippen LogP contribution in [-0.4, -0.2) is 18.0 Å². The fourth-order valence-electron chi connectivity index (χ4n) is 1.34. The summed E-state index contributed by atoms with van der Waals surface area (Å²) in [4.78, 5) is 22.3. The number of hydrogen-bond donors (Lipinski definition) is 2. The maximum absolute atomic E-state index is 12.6. The molecule has 0 heterocycles. The van der Waals surface area contributed by atoms with Crippen molar-refractivity contribution < 1.29 is 19.1 Å². The minimum absolute atomic E-state index is 0.297. The molecule has 0 bridgehead atoms. The zero-order valence-electron chi connectivity index (χ0n) is 10.1. The molecule has 6 heteroatoms. The average molecular weight is 253 g/mol. The number of carboxylic acid groups (broad SMARTS) is 1. The van der Waals surface area contributed by atoms with Crippen LogP contribution in [0, 0.1) is 11.7 Å². The number of hydrogen-bond acceptors (Lipinski definition) is 3. The lowest BCUT2D eigenvalue weighted by Gasteiger charge is -2.23. The Morgan fingerprint density at radius 3 is 2.22 bits per heavy atom. The van der Waals surface area contributed by atoms with Crippen LogP contribution in [0.15, 0.2) is 24.3 Å². The monoisotopic (exact) mass is 253 g/mol. The van der Waals surface area contributed by atoms with Crippen molar-refractivity contribution >= 4 is 17.7 Å². The van der Waals surface area contributed by atoms with Crippen LogP contribution in [0.2, 0.25) is 0 Å². The summed E-state index contributed by atoms with van der Waals surface area (Å²) in [6, 6.07) is 3.37. The van der Waals surface area contributed by atoms with Crippen molar-refractivity contribution in [1.82, 2.24) is 5.32 Å². The third-order valence-electron chi connectivity index (χ3n) is 2.31. The topological polar surface area (TPSA) is 81.3 Å². The van der Waals surface area contributed by atoms with Crippen molar-refractivity contribution in [3.8, 4) is 0 Å². The summed E-state index contributed by atoms with van der Waals surface area (Å²) in [6.07, 6.45) is 0. The Morgan fingerprint density at radius 1 is 1.22 bits per heavy atom. The first-order valence-electron chi connectivity index (χ1n) is 5.44. The van der Waals surface area contributed by atoms with Gasteiger partial charge in [0.25, 0.3) is 0 Å². The Kier molecular flexibility index (Phi) is 4.65. The van der Waals surface area contributed by atoms with Crippen molar-refractivity contribution in [2.24, 2.45) is 5.92 Å². The van der Waals surface area contributed by atoms with Gasteiger partial charge in [-0.05, 0) is 30.2 Å². The molecule has 0 unspecified atom stereocenters. The molecule has 0 fully saturated rings. The molecule has 1 rings (SSSR count). The largest absolute Gasteiger partial charge is 0.548 e. The third kappa shape index (κ3) is 4.04. The Labute approximate surface area is 104 Å². The minimum Gasteiger partial charge on any atom is -0.548 e. The van der Waals surface area contributed by atoms with Gasteiger partial charge in [0, 0.05) is 5.69 Å². The zero-order chi connectivity index (χ0) is 13.7. The number of benzene rings is 1. The van der Waals surface area contributed by atoms with Gasteiger partial charge < -0.3 is 20.5 Å². The van der Waals surface area contributed by atoms with Gasteiger partial charge in [-0.15, -0.1) is 0 Å². The number of rotatable bonds is 4. The second-order valence-corrected chi connectivity index (χ2v) is 4.15. The predicted octanol–water partition coefficient (Wildman–Crippen LogP) is 0.722. The van der Waals surface area contributed by atoms with E-state index in [1.54, 1.807) is 13.8 Å². The smallest absolute Gasteiger partial charge is 0.319 e. The Morgan fingerprint density at radius 2 is 1.78 bits per heavy atom. The number of halogens is 1. The molecule has 0 aliphatic heterocycles. The number of carbonyl (C=O) groups excluding carboxylic acids is 2. The minimum atomic E-state index is -1.35. The van der Waals surface area contributed by atoms with Crippen LogP contribution >= 0.6 is 0 Å². The summed E-state index contributed by atoms with van der Waals surface area (Å²) in [5, 5.41) is 15.4. The summed E-state index contributed by atoms with van der Waals surface area (Å²) in [7, 11) is 0. The molecule has 1 atom stereocenters. The van der Waals surface area contributed by atoms with Gasteiger partial charge in [-0.25, -0.2) is 9.18 Å². The summed E-state index contributed by atoms with van der Waals surface area (Å²) in [6.45, 7) is 3.30. The molecule has 2 N–H and O–H groups in total. The Hall–Kier alpha value is -2.11. The van der Waals surface area contributed by atoms with Gasteiger partial charge in [0.05, 0.1) is 12.0 Å². The van der Waals surface area contributed by atoms with Crippen LogP contribution in [0.3, 0.4) is 0 Å². The Balaban J connectivity index is 2.60. The van der Waals surface area contributed by atoms with E-state index >= 15 is 0 Å². The number of aliphatic carboxylic acids is 1. The number of carbonyl (C=O) groups is 2. The standard InChI is InChI=1S/C12H15FN2O3/c1-7(2)10(11(16)17)15-12(18)14-9-5-3-8(13)4-6-9/h3-7,10H,1-2H3,(H,16,17)(H2,14,15,18)/p-1/t10-/m0/s1. The number of urea groups is 1. The molecule has 18 heavy (non-hydrogen) atoms. The summed E-state index contributed by atoms with van der Waals surface area (Å²) in [5.41, 5.74) is 0.370. The first-order chi connectivity index (χ1) is 8.40. The van der Waals surface area contributed by atoms with Gasteiger partial charge >= 0.3 is 6.03 Å². The molecule has 1 aromatic carbocycles. The van der Waals surface area contributed by atoms with E-state index in [2.05, 4.69) is 10.6 Å². The maximum Gasteiger partial charge on any atom is 0.319 e. The van der Waals surface area contributed by atoms with Gasteiger partial charge in [0.1, 0.15) is 5.82 Å². The van der Waals surface area contributed by atoms with Gasteiger partial charge in [-0.1, -0.05) is 13.8 Å². The van der Waals surface area contributed by atoms with E-state index in [4.69, 9.17) is 0 Å². The van der Waals surface area contributed by atoms with E-state index in [1.807, 2.05) is 0 Å². The molecule has 0 aromatic heterocycles. The number of anilines is 1. The summed E-state index contributed by atoms with van der Waals surface area (Å²) >= 11 is 0. The molecule has 0 aliphatic rings. The lowest BCUT2D eigenvalue weighted by atomic mass is 10.1. The highest BCUT2D eigenvalue weighted by molar-refractivity contribution is 5.91. The molecule has 0 saturated heterocycles. The van der Waals surface area contributed by atoms with E-state index in [-0.39, 0.29) is 5.92 Å². The number of carboxylic acids is 1. The van der Waals surface area contributed by atoms with E-state index in [1.165, 1.54) is 24.3 Å². The van der Waals surface area contributed by atoms with E-state index in [0.29, 0.717) is 5.69 Å². The maximum atomic E-state index is 12.6. The molecular weight excluding hydrogens is 239 g/mol. The first-order valence-corrected chi connectivity index (χ1v) is 5.44. The molecule has 0 saturated carbocycles. The van der Waals surface area contributed by atoms with Crippen molar-refractivity contribution in [2.45, 2.75) is 19.9 Å². The quantitative estimate of drug-likeness (QED) is 0.829. The predicted molar refractivity (Wildman–Crippen MR) is 62.2 cm³/mol. The van der Waals surface area contributed by atoms with Gasteiger partial charge in [0.15, 0.2) is 0 Å². The zero-order valence-corrected chi connectivity index (χ0v) is 10.1. The van der Waals surface area contributed by atoms with Crippen molar-refractivity contribution in [3.05, 3.63) is 30.1 Å². The lowest BCUT2D eigenvalue weighted by molar-refractivity contribution is -0.309.